The number of aromatic nitrogens is 1. The van der Waals surface area contributed by atoms with E-state index >= 15 is 0 Å². The Kier molecular flexibility index (Phi) is 5.13. The Labute approximate surface area is 139 Å². The number of piperidine rings is 1. The lowest BCUT2D eigenvalue weighted by molar-refractivity contribution is 0.0282. The highest BCUT2D eigenvalue weighted by Crippen LogP contribution is 2.28. The van der Waals surface area contributed by atoms with Crippen molar-refractivity contribution in [3.8, 4) is 0 Å². The molecule has 0 radical (unpaired) electrons. The number of rotatable bonds is 5. The third kappa shape index (κ3) is 4.01. The Balaban J connectivity index is 1.60. The summed E-state index contributed by atoms with van der Waals surface area (Å²) >= 11 is 0. The molecule has 4 heteroatoms. The highest BCUT2D eigenvalue weighted by atomic mass is 16.5. The second-order valence-electron chi connectivity index (χ2n) is 7.03. The summed E-state index contributed by atoms with van der Waals surface area (Å²) in [6.07, 6.45) is 1.65. The van der Waals surface area contributed by atoms with Gasteiger partial charge in [0.1, 0.15) is 6.26 Å². The molecular formula is C19H27N3O. The predicted octanol–water partition coefficient (Wildman–Crippen LogP) is 3.26. The van der Waals surface area contributed by atoms with E-state index in [0.717, 1.165) is 31.9 Å². The Morgan fingerprint density at radius 1 is 1.13 bits per heavy atom. The maximum absolute atomic E-state index is 4.95. The lowest BCUT2D eigenvalue weighted by Crippen LogP contribution is -2.53. The van der Waals surface area contributed by atoms with Crippen molar-refractivity contribution in [3.63, 3.8) is 0 Å². The topological polar surface area (TPSA) is 32.5 Å². The van der Waals surface area contributed by atoms with Gasteiger partial charge in [0.25, 0.3) is 0 Å². The van der Waals surface area contributed by atoms with Gasteiger partial charge < -0.3 is 4.52 Å². The van der Waals surface area contributed by atoms with Crippen molar-refractivity contribution >= 4 is 0 Å². The highest BCUT2D eigenvalue weighted by Gasteiger charge is 2.34. The number of benzene rings is 1. The molecule has 124 valence electrons. The van der Waals surface area contributed by atoms with Gasteiger partial charge in [-0.15, -0.1) is 0 Å². The van der Waals surface area contributed by atoms with E-state index in [9.17, 15) is 0 Å². The molecule has 1 aliphatic heterocycles. The molecule has 0 N–H and O–H groups in total. The number of hydrogen-bond acceptors (Lipinski definition) is 4. The van der Waals surface area contributed by atoms with E-state index in [1.54, 1.807) is 6.26 Å². The summed E-state index contributed by atoms with van der Waals surface area (Å²) < 4.78 is 4.95. The second kappa shape index (κ2) is 7.28. The summed E-state index contributed by atoms with van der Waals surface area (Å²) in [6.45, 7) is 8.94. The Morgan fingerprint density at radius 2 is 1.83 bits per heavy atom. The van der Waals surface area contributed by atoms with Gasteiger partial charge in [0, 0.05) is 38.3 Å². The maximum Gasteiger partial charge on any atom is 0.124 e. The van der Waals surface area contributed by atoms with Crippen LogP contribution in [-0.4, -0.2) is 41.1 Å². The SMILES string of the molecule is CC1CN(Cc2ccccc2)CC(C)C1N(C)Cc1ccon1. The van der Waals surface area contributed by atoms with Gasteiger partial charge in [0.05, 0.1) is 5.69 Å². The molecule has 23 heavy (non-hydrogen) atoms. The van der Waals surface area contributed by atoms with E-state index in [2.05, 4.69) is 66.2 Å². The molecule has 0 aliphatic carbocycles. The first-order chi connectivity index (χ1) is 11.1. The van der Waals surface area contributed by atoms with Crippen molar-refractivity contribution in [1.29, 1.82) is 0 Å². The van der Waals surface area contributed by atoms with Crippen LogP contribution in [0.25, 0.3) is 0 Å². The largest absolute Gasteiger partial charge is 0.364 e. The number of likely N-dealkylation sites (tertiary alicyclic amines) is 1. The van der Waals surface area contributed by atoms with Crippen molar-refractivity contribution in [1.82, 2.24) is 15.0 Å². The Bertz CT molecular complexity index is 572. The van der Waals surface area contributed by atoms with Crippen LogP contribution in [0.3, 0.4) is 0 Å². The Morgan fingerprint density at radius 3 is 2.43 bits per heavy atom. The van der Waals surface area contributed by atoms with E-state index in [1.807, 2.05) is 6.07 Å². The minimum Gasteiger partial charge on any atom is -0.364 e. The van der Waals surface area contributed by atoms with E-state index in [4.69, 9.17) is 4.52 Å². The molecular weight excluding hydrogens is 286 g/mol. The van der Waals surface area contributed by atoms with Gasteiger partial charge in [-0.1, -0.05) is 49.3 Å². The molecule has 1 aromatic carbocycles. The molecule has 0 bridgehead atoms. The number of hydrogen-bond donors (Lipinski definition) is 0. The zero-order chi connectivity index (χ0) is 16.2. The van der Waals surface area contributed by atoms with Crippen LogP contribution < -0.4 is 0 Å². The monoisotopic (exact) mass is 313 g/mol. The van der Waals surface area contributed by atoms with E-state index in [-0.39, 0.29) is 0 Å². The third-order valence-electron chi connectivity index (χ3n) is 4.92. The van der Waals surface area contributed by atoms with Crippen LogP contribution in [-0.2, 0) is 13.1 Å². The normalized spacial score (nSPS) is 25.8. The Hall–Kier alpha value is -1.65. The summed E-state index contributed by atoms with van der Waals surface area (Å²) in [5.41, 5.74) is 2.42. The van der Waals surface area contributed by atoms with Gasteiger partial charge in [-0.3, -0.25) is 9.80 Å². The molecule has 2 atom stereocenters. The smallest absolute Gasteiger partial charge is 0.124 e. The first kappa shape index (κ1) is 16.2. The van der Waals surface area contributed by atoms with Gasteiger partial charge in [-0.25, -0.2) is 0 Å². The second-order valence-corrected chi connectivity index (χ2v) is 7.03. The van der Waals surface area contributed by atoms with E-state index in [0.29, 0.717) is 17.9 Å². The van der Waals surface area contributed by atoms with Gasteiger partial charge in [0.15, 0.2) is 0 Å². The lowest BCUT2D eigenvalue weighted by atomic mass is 9.84. The zero-order valence-electron chi connectivity index (χ0n) is 14.4. The molecule has 0 spiro atoms. The van der Waals surface area contributed by atoms with Crippen molar-refractivity contribution in [2.24, 2.45) is 11.8 Å². The van der Waals surface area contributed by atoms with Crippen LogP contribution >= 0.6 is 0 Å². The number of nitrogens with zero attached hydrogens (tertiary/aromatic N) is 3. The average molecular weight is 313 g/mol. The first-order valence-corrected chi connectivity index (χ1v) is 8.49. The maximum atomic E-state index is 4.95. The molecule has 3 rings (SSSR count). The first-order valence-electron chi connectivity index (χ1n) is 8.49. The van der Waals surface area contributed by atoms with Crippen molar-refractivity contribution in [3.05, 3.63) is 53.9 Å². The van der Waals surface area contributed by atoms with Crippen LogP contribution in [0.1, 0.15) is 25.1 Å². The van der Waals surface area contributed by atoms with Crippen LogP contribution in [0.15, 0.2) is 47.2 Å². The fourth-order valence-corrected chi connectivity index (χ4v) is 4.19. The summed E-state index contributed by atoms with van der Waals surface area (Å²) in [7, 11) is 2.21. The van der Waals surface area contributed by atoms with Gasteiger partial charge in [0.2, 0.25) is 0 Å². The minimum absolute atomic E-state index is 0.582. The molecule has 0 amide bonds. The minimum atomic E-state index is 0.582. The van der Waals surface area contributed by atoms with Crippen molar-refractivity contribution < 1.29 is 4.52 Å². The van der Waals surface area contributed by atoms with Crippen LogP contribution in [0.2, 0.25) is 0 Å². The predicted molar refractivity (Wildman–Crippen MR) is 91.8 cm³/mol. The van der Waals surface area contributed by atoms with Crippen molar-refractivity contribution in [2.45, 2.75) is 33.0 Å². The highest BCUT2D eigenvalue weighted by molar-refractivity contribution is 5.14. The fraction of sp³-hybridized carbons (Fsp3) is 0.526. The molecule has 1 saturated heterocycles. The molecule has 1 aromatic heterocycles. The van der Waals surface area contributed by atoms with Gasteiger partial charge >= 0.3 is 0 Å². The zero-order valence-corrected chi connectivity index (χ0v) is 14.4. The molecule has 2 aromatic rings. The van der Waals surface area contributed by atoms with Crippen molar-refractivity contribution in [2.75, 3.05) is 20.1 Å². The molecule has 1 fully saturated rings. The molecule has 1 aliphatic rings. The van der Waals surface area contributed by atoms with E-state index in [1.165, 1.54) is 5.56 Å². The molecule has 0 saturated carbocycles. The quantitative estimate of drug-likeness (QED) is 0.848. The van der Waals surface area contributed by atoms with Gasteiger partial charge in [-0.05, 0) is 24.4 Å². The summed E-state index contributed by atoms with van der Waals surface area (Å²) in [6, 6.07) is 13.3. The summed E-state index contributed by atoms with van der Waals surface area (Å²) in [5.74, 6) is 1.28. The molecule has 4 nitrogen and oxygen atoms in total. The average Bonchev–Trinajstić information content (AvgIpc) is 3.00. The van der Waals surface area contributed by atoms with Crippen LogP contribution in [0, 0.1) is 11.8 Å². The lowest BCUT2D eigenvalue weighted by Gasteiger charge is -2.45. The van der Waals surface area contributed by atoms with Gasteiger partial charge in [-0.2, -0.15) is 0 Å². The molecule has 2 heterocycles. The standard InChI is InChI=1S/C19H27N3O/c1-15-11-22(13-17-7-5-4-6-8-17)12-16(2)19(15)21(3)14-18-9-10-23-20-18/h4-10,15-16,19H,11-14H2,1-3H3. The van der Waals surface area contributed by atoms with Crippen LogP contribution in [0.5, 0.6) is 0 Å². The third-order valence-corrected chi connectivity index (χ3v) is 4.92. The van der Waals surface area contributed by atoms with E-state index < -0.39 is 0 Å². The van der Waals surface area contributed by atoms with Crippen LogP contribution in [0.4, 0.5) is 0 Å². The fourth-order valence-electron chi connectivity index (χ4n) is 4.19. The summed E-state index contributed by atoms with van der Waals surface area (Å²) in [5, 5.41) is 4.04. The molecule has 2 unspecified atom stereocenters. The summed E-state index contributed by atoms with van der Waals surface area (Å²) in [4.78, 5) is 5.03.